The van der Waals surface area contributed by atoms with Crippen LogP contribution in [-0.4, -0.2) is 61.2 Å². The van der Waals surface area contributed by atoms with Gasteiger partial charge in [0.05, 0.1) is 6.61 Å². The largest absolute Gasteiger partial charge is 0.493 e. The second kappa shape index (κ2) is 6.49. The molecule has 4 rings (SSSR count). The third-order valence-corrected chi connectivity index (χ3v) is 5.05. The van der Waals surface area contributed by atoms with Gasteiger partial charge in [-0.2, -0.15) is 0 Å². The van der Waals surface area contributed by atoms with Crippen molar-refractivity contribution in [2.75, 3.05) is 39.4 Å². The minimum atomic E-state index is -0.182. The van der Waals surface area contributed by atoms with Crippen molar-refractivity contribution in [1.29, 1.82) is 0 Å². The molecule has 1 amide bonds. The zero-order chi connectivity index (χ0) is 15.6. The van der Waals surface area contributed by atoms with Crippen molar-refractivity contribution in [3.8, 4) is 5.75 Å². The molecule has 5 nitrogen and oxygen atoms in total. The van der Waals surface area contributed by atoms with Gasteiger partial charge in [0.25, 0.3) is 5.91 Å². The van der Waals surface area contributed by atoms with Crippen LogP contribution in [0, 0.1) is 0 Å². The quantitative estimate of drug-likeness (QED) is 0.846. The van der Waals surface area contributed by atoms with Gasteiger partial charge in [-0.25, -0.2) is 0 Å². The molecule has 124 valence electrons. The van der Waals surface area contributed by atoms with Crippen LogP contribution in [0.25, 0.3) is 0 Å². The van der Waals surface area contributed by atoms with E-state index in [1.807, 2.05) is 4.90 Å². The molecular weight excluding hydrogens is 292 g/mol. The van der Waals surface area contributed by atoms with Crippen molar-refractivity contribution in [2.24, 2.45) is 0 Å². The van der Waals surface area contributed by atoms with Crippen molar-refractivity contribution in [1.82, 2.24) is 9.80 Å². The van der Waals surface area contributed by atoms with E-state index in [0.29, 0.717) is 0 Å². The van der Waals surface area contributed by atoms with Crippen molar-refractivity contribution in [3.63, 3.8) is 0 Å². The molecule has 0 spiro atoms. The summed E-state index contributed by atoms with van der Waals surface area (Å²) >= 11 is 0. The Balaban J connectivity index is 1.30. The van der Waals surface area contributed by atoms with Crippen LogP contribution in [0.2, 0.25) is 0 Å². The monoisotopic (exact) mass is 316 g/mol. The first-order chi connectivity index (χ1) is 11.3. The van der Waals surface area contributed by atoms with Gasteiger partial charge in [0.2, 0.25) is 0 Å². The van der Waals surface area contributed by atoms with Gasteiger partial charge in [0.1, 0.15) is 11.9 Å². The Morgan fingerprint density at radius 2 is 2.04 bits per heavy atom. The van der Waals surface area contributed by atoms with E-state index in [2.05, 4.69) is 23.1 Å². The van der Waals surface area contributed by atoms with E-state index < -0.39 is 0 Å². The average molecular weight is 316 g/mol. The Kier molecular flexibility index (Phi) is 4.23. The topological polar surface area (TPSA) is 42.0 Å². The summed E-state index contributed by atoms with van der Waals surface area (Å²) in [4.78, 5) is 16.8. The summed E-state index contributed by atoms with van der Waals surface area (Å²) in [7, 11) is 0. The van der Waals surface area contributed by atoms with Gasteiger partial charge in [-0.1, -0.05) is 12.1 Å². The molecule has 0 aromatic heterocycles. The fourth-order valence-electron chi connectivity index (χ4n) is 3.70. The van der Waals surface area contributed by atoms with E-state index in [-0.39, 0.29) is 12.0 Å². The predicted octanol–water partition coefficient (Wildman–Crippen LogP) is 1.44. The number of hydrogen-bond donors (Lipinski definition) is 0. The number of nitrogens with zero attached hydrogens (tertiary/aromatic N) is 2. The lowest BCUT2D eigenvalue weighted by Crippen LogP contribution is -2.51. The lowest BCUT2D eigenvalue weighted by atomic mass is 10.1. The molecular formula is C18H24N2O3. The summed E-state index contributed by atoms with van der Waals surface area (Å²) in [6, 6.07) is 6.52. The Morgan fingerprint density at radius 3 is 2.83 bits per heavy atom. The molecule has 5 heteroatoms. The van der Waals surface area contributed by atoms with Gasteiger partial charge in [-0.3, -0.25) is 9.69 Å². The molecule has 0 saturated carbocycles. The number of carbonyl (C=O) groups excluding carboxylic acids is 1. The van der Waals surface area contributed by atoms with E-state index in [1.54, 1.807) is 0 Å². The van der Waals surface area contributed by atoms with E-state index in [0.717, 1.165) is 70.9 Å². The van der Waals surface area contributed by atoms with E-state index in [4.69, 9.17) is 9.47 Å². The second-order valence-electron chi connectivity index (χ2n) is 6.64. The van der Waals surface area contributed by atoms with Crippen LogP contribution in [0.1, 0.15) is 24.0 Å². The normalized spacial score (nSPS) is 24.5. The Bertz CT molecular complexity index is 576. The molecule has 23 heavy (non-hydrogen) atoms. The van der Waals surface area contributed by atoms with Gasteiger partial charge in [0.15, 0.2) is 0 Å². The first-order valence-electron chi connectivity index (χ1n) is 8.67. The molecule has 0 N–H and O–H groups in total. The van der Waals surface area contributed by atoms with Gasteiger partial charge in [0, 0.05) is 45.8 Å². The van der Waals surface area contributed by atoms with Crippen molar-refractivity contribution >= 4 is 5.91 Å². The van der Waals surface area contributed by atoms with Crippen molar-refractivity contribution < 1.29 is 14.3 Å². The molecule has 2 saturated heterocycles. The summed E-state index contributed by atoms with van der Waals surface area (Å²) in [5.74, 6) is 1.23. The molecule has 1 aromatic rings. The molecule has 2 fully saturated rings. The molecule has 1 atom stereocenters. The highest BCUT2D eigenvalue weighted by Crippen LogP contribution is 2.26. The standard InChI is InChI=1S/C18H24N2O3/c21-18(17-2-1-10-22-17)20-8-6-19(7-9-20)13-14-3-4-16-15(12-14)5-11-23-16/h3-4,12,17H,1-2,5-11,13H2. The van der Waals surface area contributed by atoms with Crippen LogP contribution in [0.5, 0.6) is 5.75 Å². The number of carbonyl (C=O) groups is 1. The smallest absolute Gasteiger partial charge is 0.251 e. The number of benzene rings is 1. The maximum atomic E-state index is 12.4. The first-order valence-corrected chi connectivity index (χ1v) is 8.67. The van der Waals surface area contributed by atoms with Crippen molar-refractivity contribution in [3.05, 3.63) is 29.3 Å². The maximum Gasteiger partial charge on any atom is 0.251 e. The summed E-state index contributed by atoms with van der Waals surface area (Å²) in [6.07, 6.45) is 2.74. The molecule has 0 radical (unpaired) electrons. The average Bonchev–Trinajstić information content (AvgIpc) is 3.26. The van der Waals surface area contributed by atoms with Crippen LogP contribution < -0.4 is 4.74 Å². The van der Waals surface area contributed by atoms with Crippen LogP contribution in [0.15, 0.2) is 18.2 Å². The number of hydrogen-bond acceptors (Lipinski definition) is 4. The number of piperazine rings is 1. The number of ether oxygens (including phenoxy) is 2. The summed E-state index contributed by atoms with van der Waals surface area (Å²) in [6.45, 7) is 5.99. The highest BCUT2D eigenvalue weighted by Gasteiger charge is 2.30. The van der Waals surface area contributed by atoms with Crippen LogP contribution in [-0.2, 0) is 22.5 Å². The SMILES string of the molecule is O=C(C1CCCO1)N1CCN(Cc2ccc3c(c2)CCO3)CC1. The molecule has 1 aromatic carbocycles. The number of fused-ring (bicyclic) bond motifs is 1. The minimum Gasteiger partial charge on any atom is -0.493 e. The van der Waals surface area contributed by atoms with Crippen LogP contribution in [0.3, 0.4) is 0 Å². The molecule has 0 bridgehead atoms. The van der Waals surface area contributed by atoms with Gasteiger partial charge in [-0.05, 0) is 30.0 Å². The van der Waals surface area contributed by atoms with E-state index >= 15 is 0 Å². The molecule has 3 heterocycles. The molecule has 1 unspecified atom stereocenters. The second-order valence-corrected chi connectivity index (χ2v) is 6.64. The third-order valence-electron chi connectivity index (χ3n) is 5.05. The fourth-order valence-corrected chi connectivity index (χ4v) is 3.70. The van der Waals surface area contributed by atoms with Gasteiger partial charge >= 0.3 is 0 Å². The molecule has 0 aliphatic carbocycles. The highest BCUT2D eigenvalue weighted by atomic mass is 16.5. The minimum absolute atomic E-state index is 0.182. The Labute approximate surface area is 137 Å². The maximum absolute atomic E-state index is 12.4. The highest BCUT2D eigenvalue weighted by molar-refractivity contribution is 5.81. The number of amides is 1. The zero-order valence-electron chi connectivity index (χ0n) is 13.5. The molecule has 3 aliphatic heterocycles. The molecule has 3 aliphatic rings. The fraction of sp³-hybridized carbons (Fsp3) is 0.611. The Hall–Kier alpha value is -1.59. The lowest BCUT2D eigenvalue weighted by Gasteiger charge is -2.35. The van der Waals surface area contributed by atoms with Gasteiger partial charge < -0.3 is 14.4 Å². The lowest BCUT2D eigenvalue weighted by molar-refractivity contribution is -0.142. The number of rotatable bonds is 3. The Morgan fingerprint density at radius 1 is 1.17 bits per heavy atom. The van der Waals surface area contributed by atoms with E-state index in [9.17, 15) is 4.79 Å². The third kappa shape index (κ3) is 3.21. The van der Waals surface area contributed by atoms with E-state index in [1.165, 1.54) is 11.1 Å². The summed E-state index contributed by atoms with van der Waals surface area (Å²) < 4.78 is 11.1. The zero-order valence-corrected chi connectivity index (χ0v) is 13.5. The first kappa shape index (κ1) is 15.0. The summed E-state index contributed by atoms with van der Waals surface area (Å²) in [5, 5.41) is 0. The predicted molar refractivity (Wildman–Crippen MR) is 86.5 cm³/mol. The van der Waals surface area contributed by atoms with Crippen molar-refractivity contribution in [2.45, 2.75) is 31.9 Å². The summed E-state index contributed by atoms with van der Waals surface area (Å²) in [5.41, 5.74) is 2.67. The van der Waals surface area contributed by atoms with Crippen LogP contribution >= 0.6 is 0 Å². The van der Waals surface area contributed by atoms with Crippen LogP contribution in [0.4, 0.5) is 0 Å². The van der Waals surface area contributed by atoms with Gasteiger partial charge in [-0.15, -0.1) is 0 Å².